The molecule has 0 aromatic rings. The Balaban J connectivity index is 4.15. The Bertz CT molecular complexity index is 233. The standard InChI is InChI=1S/C6H8O7/c1-2(4(8)9)13-6(12)3(7)5(10)11/h2-3,7H,1H3,(H,8,9)(H,10,11). The van der Waals surface area contributed by atoms with Gasteiger partial charge in [-0.2, -0.15) is 0 Å². The van der Waals surface area contributed by atoms with Crippen molar-refractivity contribution in [1.29, 1.82) is 0 Å². The van der Waals surface area contributed by atoms with Crippen LogP contribution in [0.25, 0.3) is 0 Å². The van der Waals surface area contributed by atoms with Crippen LogP contribution in [0.4, 0.5) is 0 Å². The molecule has 0 saturated heterocycles. The molecule has 0 fully saturated rings. The molecule has 2 unspecified atom stereocenters. The van der Waals surface area contributed by atoms with Crippen molar-refractivity contribution in [1.82, 2.24) is 0 Å². The van der Waals surface area contributed by atoms with E-state index in [4.69, 9.17) is 15.3 Å². The fourth-order valence-corrected chi connectivity index (χ4v) is 0.390. The zero-order chi connectivity index (χ0) is 10.6. The molecule has 0 aromatic heterocycles. The summed E-state index contributed by atoms with van der Waals surface area (Å²) in [5.41, 5.74) is 0. The van der Waals surface area contributed by atoms with E-state index in [0.717, 1.165) is 6.92 Å². The summed E-state index contributed by atoms with van der Waals surface area (Å²) in [6, 6.07) is 0. The van der Waals surface area contributed by atoms with Crippen LogP contribution in [0.2, 0.25) is 0 Å². The molecule has 0 rings (SSSR count). The van der Waals surface area contributed by atoms with Gasteiger partial charge in [-0.05, 0) is 6.92 Å². The van der Waals surface area contributed by atoms with Gasteiger partial charge in [-0.25, -0.2) is 14.4 Å². The molecule has 0 heterocycles. The van der Waals surface area contributed by atoms with Crippen LogP contribution in [0.1, 0.15) is 6.92 Å². The lowest BCUT2D eigenvalue weighted by atomic mass is 10.3. The van der Waals surface area contributed by atoms with Crippen LogP contribution in [0.5, 0.6) is 0 Å². The normalized spacial score (nSPS) is 14.3. The van der Waals surface area contributed by atoms with Crippen LogP contribution < -0.4 is 0 Å². The SMILES string of the molecule is CC(OC(=O)C(O)C(=O)O)C(=O)O. The first-order valence-electron chi connectivity index (χ1n) is 3.20. The number of carbonyl (C=O) groups excluding carboxylic acids is 1. The molecule has 0 spiro atoms. The number of aliphatic hydroxyl groups is 1. The topological polar surface area (TPSA) is 121 Å². The Morgan fingerprint density at radius 1 is 1.15 bits per heavy atom. The zero-order valence-electron chi connectivity index (χ0n) is 6.63. The maximum atomic E-state index is 10.6. The van der Waals surface area contributed by atoms with E-state index in [0.29, 0.717) is 0 Å². The van der Waals surface area contributed by atoms with E-state index in [-0.39, 0.29) is 0 Å². The minimum atomic E-state index is -2.35. The van der Waals surface area contributed by atoms with Crippen LogP contribution in [0.3, 0.4) is 0 Å². The Kier molecular flexibility index (Phi) is 3.86. The molecule has 13 heavy (non-hydrogen) atoms. The van der Waals surface area contributed by atoms with Gasteiger partial charge in [-0.1, -0.05) is 0 Å². The van der Waals surface area contributed by atoms with Crippen molar-refractivity contribution in [3.63, 3.8) is 0 Å². The molecule has 0 radical (unpaired) electrons. The Hall–Kier alpha value is -1.63. The van der Waals surface area contributed by atoms with Gasteiger partial charge in [0.05, 0.1) is 0 Å². The van der Waals surface area contributed by atoms with E-state index in [2.05, 4.69) is 4.74 Å². The van der Waals surface area contributed by atoms with Gasteiger partial charge >= 0.3 is 17.9 Å². The summed E-state index contributed by atoms with van der Waals surface area (Å²) in [5.74, 6) is -4.71. The summed E-state index contributed by atoms with van der Waals surface area (Å²) in [7, 11) is 0. The summed E-state index contributed by atoms with van der Waals surface area (Å²) in [6.45, 7) is 1.04. The third-order valence-corrected chi connectivity index (χ3v) is 1.10. The van der Waals surface area contributed by atoms with Gasteiger partial charge in [0.1, 0.15) is 0 Å². The Morgan fingerprint density at radius 3 is 1.92 bits per heavy atom. The van der Waals surface area contributed by atoms with E-state index < -0.39 is 30.1 Å². The molecule has 0 aromatic carbocycles. The van der Waals surface area contributed by atoms with E-state index in [1.54, 1.807) is 0 Å². The molecule has 2 atom stereocenters. The van der Waals surface area contributed by atoms with Crippen molar-refractivity contribution in [3.05, 3.63) is 0 Å². The summed E-state index contributed by atoms with van der Waals surface area (Å²) < 4.78 is 4.07. The van der Waals surface area contributed by atoms with E-state index >= 15 is 0 Å². The average Bonchev–Trinajstić information content (AvgIpc) is 2.02. The monoisotopic (exact) mass is 192 g/mol. The van der Waals surface area contributed by atoms with Gasteiger partial charge in [0.25, 0.3) is 0 Å². The van der Waals surface area contributed by atoms with Crippen molar-refractivity contribution < 1.29 is 34.4 Å². The van der Waals surface area contributed by atoms with Crippen molar-refractivity contribution in [3.8, 4) is 0 Å². The molecule has 0 amide bonds. The molecule has 7 heteroatoms. The van der Waals surface area contributed by atoms with Gasteiger partial charge < -0.3 is 20.1 Å². The second-order valence-corrected chi connectivity index (χ2v) is 2.16. The lowest BCUT2D eigenvalue weighted by Crippen LogP contribution is -2.35. The van der Waals surface area contributed by atoms with Gasteiger partial charge in [0, 0.05) is 0 Å². The van der Waals surface area contributed by atoms with Gasteiger partial charge in [0.2, 0.25) is 6.10 Å². The molecule has 7 nitrogen and oxygen atoms in total. The largest absolute Gasteiger partial charge is 0.479 e. The second kappa shape index (κ2) is 4.41. The third kappa shape index (κ3) is 3.52. The fraction of sp³-hybridized carbons (Fsp3) is 0.500. The number of ether oxygens (including phenoxy) is 1. The number of hydrogen-bond donors (Lipinski definition) is 3. The predicted octanol–water partition coefficient (Wildman–Crippen LogP) is -1.55. The number of carboxylic acids is 2. The maximum absolute atomic E-state index is 10.6. The molecular formula is C6H8O7. The van der Waals surface area contributed by atoms with Crippen molar-refractivity contribution in [2.24, 2.45) is 0 Å². The first kappa shape index (κ1) is 11.4. The first-order valence-corrected chi connectivity index (χ1v) is 3.20. The third-order valence-electron chi connectivity index (χ3n) is 1.10. The summed E-state index contributed by atoms with van der Waals surface area (Å²) in [6.07, 6.45) is -3.83. The quantitative estimate of drug-likeness (QED) is 0.364. The van der Waals surface area contributed by atoms with E-state index in [1.807, 2.05) is 0 Å². The van der Waals surface area contributed by atoms with Gasteiger partial charge in [-0.3, -0.25) is 0 Å². The lowest BCUT2D eigenvalue weighted by Gasteiger charge is -2.09. The number of aliphatic carboxylic acids is 2. The zero-order valence-corrected chi connectivity index (χ0v) is 6.63. The summed E-state index contributed by atoms with van der Waals surface area (Å²) in [5, 5.41) is 24.9. The highest BCUT2D eigenvalue weighted by atomic mass is 16.6. The molecule has 74 valence electrons. The molecule has 0 aliphatic rings. The van der Waals surface area contributed by atoms with Crippen LogP contribution in [0, 0.1) is 0 Å². The first-order chi connectivity index (χ1) is 5.86. The summed E-state index contributed by atoms with van der Waals surface area (Å²) >= 11 is 0. The molecule has 0 bridgehead atoms. The molecule has 0 aliphatic carbocycles. The number of carboxylic acid groups (broad SMARTS) is 2. The highest BCUT2D eigenvalue weighted by molar-refractivity contribution is 5.97. The van der Waals surface area contributed by atoms with Crippen LogP contribution in [-0.2, 0) is 19.1 Å². The van der Waals surface area contributed by atoms with Crippen LogP contribution >= 0.6 is 0 Å². The molecule has 0 saturated carbocycles. The number of carbonyl (C=O) groups is 3. The highest BCUT2D eigenvalue weighted by Gasteiger charge is 2.28. The fourth-order valence-electron chi connectivity index (χ4n) is 0.390. The Labute approximate surface area is 72.5 Å². The average molecular weight is 192 g/mol. The number of hydrogen-bond acceptors (Lipinski definition) is 5. The minimum Gasteiger partial charge on any atom is -0.479 e. The molecule has 3 N–H and O–H groups in total. The highest BCUT2D eigenvalue weighted by Crippen LogP contribution is 1.95. The van der Waals surface area contributed by atoms with Crippen molar-refractivity contribution >= 4 is 17.9 Å². The van der Waals surface area contributed by atoms with E-state index in [9.17, 15) is 14.4 Å². The van der Waals surface area contributed by atoms with Crippen molar-refractivity contribution in [2.45, 2.75) is 19.1 Å². The van der Waals surface area contributed by atoms with Crippen LogP contribution in [0.15, 0.2) is 0 Å². The maximum Gasteiger partial charge on any atom is 0.347 e. The van der Waals surface area contributed by atoms with Gasteiger partial charge in [-0.15, -0.1) is 0 Å². The Morgan fingerprint density at radius 2 is 1.62 bits per heavy atom. The molecular weight excluding hydrogens is 184 g/mol. The smallest absolute Gasteiger partial charge is 0.347 e. The number of rotatable bonds is 4. The second-order valence-electron chi connectivity index (χ2n) is 2.16. The van der Waals surface area contributed by atoms with Crippen molar-refractivity contribution in [2.75, 3.05) is 0 Å². The van der Waals surface area contributed by atoms with Gasteiger partial charge in [0.15, 0.2) is 6.10 Å². The lowest BCUT2D eigenvalue weighted by molar-refractivity contribution is -0.174. The van der Waals surface area contributed by atoms with E-state index in [1.165, 1.54) is 0 Å². The minimum absolute atomic E-state index is 1.04. The number of esters is 1. The van der Waals surface area contributed by atoms with Crippen LogP contribution in [-0.4, -0.2) is 45.4 Å². The predicted molar refractivity (Wildman–Crippen MR) is 36.8 cm³/mol. The number of aliphatic hydroxyl groups excluding tert-OH is 1. The molecule has 0 aliphatic heterocycles. The summed E-state index contributed by atoms with van der Waals surface area (Å²) in [4.78, 5) is 30.7.